The second-order valence-electron chi connectivity index (χ2n) is 6.04. The monoisotopic (exact) mass is 273 g/mol. The molecule has 0 unspecified atom stereocenters. The van der Waals surface area contributed by atoms with Gasteiger partial charge < -0.3 is 5.73 Å². The van der Waals surface area contributed by atoms with Gasteiger partial charge in [-0.3, -0.25) is 0 Å². The number of benzene rings is 1. The molecule has 0 amide bonds. The van der Waals surface area contributed by atoms with Gasteiger partial charge in [0.05, 0.1) is 12.1 Å². The summed E-state index contributed by atoms with van der Waals surface area (Å²) in [6.45, 7) is 0.786. The SMILES string of the molecule is Nc1ccc(F)c(-c2nnnn2CC2(C3CC3)CC2)c1. The zero-order valence-electron chi connectivity index (χ0n) is 11.1. The highest BCUT2D eigenvalue weighted by Gasteiger charge is 2.54. The molecule has 2 aromatic rings. The minimum Gasteiger partial charge on any atom is -0.399 e. The molecule has 104 valence electrons. The Balaban J connectivity index is 1.69. The molecule has 5 nitrogen and oxygen atoms in total. The van der Waals surface area contributed by atoms with E-state index < -0.39 is 0 Å². The lowest BCUT2D eigenvalue weighted by molar-refractivity contribution is 0.348. The van der Waals surface area contributed by atoms with Crippen molar-refractivity contribution in [1.82, 2.24) is 20.2 Å². The number of hydrogen-bond acceptors (Lipinski definition) is 4. The van der Waals surface area contributed by atoms with Crippen LogP contribution in [0.4, 0.5) is 10.1 Å². The number of nitrogens with two attached hydrogens (primary N) is 1. The molecule has 2 aliphatic carbocycles. The molecule has 20 heavy (non-hydrogen) atoms. The van der Waals surface area contributed by atoms with E-state index in [0.717, 1.165) is 12.5 Å². The zero-order chi connectivity index (χ0) is 13.7. The lowest BCUT2D eigenvalue weighted by Crippen LogP contribution is -2.16. The molecule has 0 saturated heterocycles. The first-order valence-electron chi connectivity index (χ1n) is 6.99. The molecule has 0 atom stereocenters. The molecule has 0 aliphatic heterocycles. The third-order valence-corrected chi connectivity index (χ3v) is 4.56. The third kappa shape index (κ3) is 1.87. The summed E-state index contributed by atoms with van der Waals surface area (Å²) in [5.41, 5.74) is 6.99. The highest BCUT2D eigenvalue weighted by atomic mass is 19.1. The van der Waals surface area contributed by atoms with E-state index in [2.05, 4.69) is 15.5 Å². The molecule has 2 fully saturated rings. The van der Waals surface area contributed by atoms with E-state index in [0.29, 0.717) is 22.5 Å². The number of tetrazole rings is 1. The predicted molar refractivity (Wildman–Crippen MR) is 72.0 cm³/mol. The first kappa shape index (κ1) is 11.8. The normalized spacial score (nSPS) is 20.1. The van der Waals surface area contributed by atoms with Gasteiger partial charge >= 0.3 is 0 Å². The first-order chi connectivity index (χ1) is 9.68. The third-order valence-electron chi connectivity index (χ3n) is 4.56. The molecule has 1 aromatic heterocycles. The second kappa shape index (κ2) is 4.01. The number of hydrogen-bond donors (Lipinski definition) is 1. The van der Waals surface area contributed by atoms with E-state index in [4.69, 9.17) is 5.73 Å². The molecule has 2 N–H and O–H groups in total. The summed E-state index contributed by atoms with van der Waals surface area (Å²) in [5, 5.41) is 11.7. The molecule has 4 rings (SSSR count). The largest absolute Gasteiger partial charge is 0.399 e. The van der Waals surface area contributed by atoms with E-state index in [1.807, 2.05) is 0 Å². The van der Waals surface area contributed by atoms with Gasteiger partial charge in [0, 0.05) is 5.69 Å². The Morgan fingerprint density at radius 2 is 2.15 bits per heavy atom. The summed E-state index contributed by atoms with van der Waals surface area (Å²) >= 11 is 0. The fourth-order valence-corrected chi connectivity index (χ4v) is 3.07. The van der Waals surface area contributed by atoms with Crippen molar-refractivity contribution in [3.63, 3.8) is 0 Å². The van der Waals surface area contributed by atoms with Gasteiger partial charge in [-0.25, -0.2) is 9.07 Å². The number of nitrogen functional groups attached to an aromatic ring is 1. The van der Waals surface area contributed by atoms with Crippen LogP contribution < -0.4 is 5.73 Å². The Labute approximate surface area is 116 Å². The van der Waals surface area contributed by atoms with Crippen molar-refractivity contribution in [2.24, 2.45) is 11.3 Å². The van der Waals surface area contributed by atoms with Crippen LogP contribution in [-0.4, -0.2) is 20.2 Å². The minimum atomic E-state index is -0.341. The van der Waals surface area contributed by atoms with Gasteiger partial charge in [-0.05, 0) is 65.6 Å². The molecule has 0 spiro atoms. The van der Waals surface area contributed by atoms with Crippen molar-refractivity contribution >= 4 is 5.69 Å². The molecular weight excluding hydrogens is 257 g/mol. The Hall–Kier alpha value is -1.98. The zero-order valence-corrected chi connectivity index (χ0v) is 11.1. The predicted octanol–water partition coefficient (Wildman–Crippen LogP) is 2.25. The van der Waals surface area contributed by atoms with Crippen LogP contribution in [0, 0.1) is 17.2 Å². The van der Waals surface area contributed by atoms with Crippen molar-refractivity contribution in [2.75, 3.05) is 5.73 Å². The maximum Gasteiger partial charge on any atom is 0.185 e. The van der Waals surface area contributed by atoms with Gasteiger partial charge in [0.15, 0.2) is 5.82 Å². The second-order valence-corrected chi connectivity index (χ2v) is 6.04. The van der Waals surface area contributed by atoms with Crippen LogP contribution in [0.25, 0.3) is 11.4 Å². The van der Waals surface area contributed by atoms with Crippen LogP contribution in [-0.2, 0) is 6.54 Å². The smallest absolute Gasteiger partial charge is 0.185 e. The first-order valence-corrected chi connectivity index (χ1v) is 6.99. The van der Waals surface area contributed by atoms with Gasteiger partial charge in [-0.15, -0.1) is 5.10 Å². The molecular formula is C14H16FN5. The number of halogens is 1. The topological polar surface area (TPSA) is 69.6 Å². The fourth-order valence-electron chi connectivity index (χ4n) is 3.07. The Bertz CT molecular complexity index is 657. The summed E-state index contributed by atoms with van der Waals surface area (Å²) in [5.74, 6) is 0.943. The maximum atomic E-state index is 14.0. The highest BCUT2D eigenvalue weighted by Crippen LogP contribution is 2.62. The van der Waals surface area contributed by atoms with Crippen LogP contribution in [0.15, 0.2) is 18.2 Å². The number of rotatable bonds is 4. The van der Waals surface area contributed by atoms with E-state index in [9.17, 15) is 4.39 Å². The number of anilines is 1. The summed E-state index contributed by atoms with van der Waals surface area (Å²) in [4.78, 5) is 0. The Kier molecular flexibility index (Phi) is 2.37. The summed E-state index contributed by atoms with van der Waals surface area (Å²) in [6, 6.07) is 4.49. The summed E-state index contributed by atoms with van der Waals surface area (Å²) < 4.78 is 15.7. The molecule has 1 aromatic carbocycles. The van der Waals surface area contributed by atoms with E-state index >= 15 is 0 Å². The molecule has 2 aliphatic rings. The Morgan fingerprint density at radius 1 is 1.35 bits per heavy atom. The molecule has 0 bridgehead atoms. The summed E-state index contributed by atoms with van der Waals surface area (Å²) in [7, 11) is 0. The van der Waals surface area contributed by atoms with Gasteiger partial charge in [-0.1, -0.05) is 0 Å². The Morgan fingerprint density at radius 3 is 2.85 bits per heavy atom. The van der Waals surface area contributed by atoms with Gasteiger partial charge in [0.25, 0.3) is 0 Å². The molecule has 1 heterocycles. The van der Waals surface area contributed by atoms with E-state index in [-0.39, 0.29) is 5.82 Å². The van der Waals surface area contributed by atoms with Crippen molar-refractivity contribution < 1.29 is 4.39 Å². The van der Waals surface area contributed by atoms with E-state index in [1.165, 1.54) is 31.7 Å². The average Bonchev–Trinajstić information content (AvgIpc) is 3.32. The minimum absolute atomic E-state index is 0.341. The van der Waals surface area contributed by atoms with Gasteiger partial charge in [-0.2, -0.15) is 0 Å². The van der Waals surface area contributed by atoms with Crippen LogP contribution >= 0.6 is 0 Å². The highest BCUT2D eigenvalue weighted by molar-refractivity contribution is 5.61. The number of nitrogens with zero attached hydrogens (tertiary/aromatic N) is 4. The maximum absolute atomic E-state index is 14.0. The average molecular weight is 273 g/mol. The summed E-state index contributed by atoms with van der Waals surface area (Å²) in [6.07, 6.45) is 5.08. The van der Waals surface area contributed by atoms with Crippen molar-refractivity contribution in [2.45, 2.75) is 32.2 Å². The van der Waals surface area contributed by atoms with Crippen LogP contribution in [0.1, 0.15) is 25.7 Å². The molecule has 6 heteroatoms. The van der Waals surface area contributed by atoms with Crippen molar-refractivity contribution in [1.29, 1.82) is 0 Å². The number of aromatic nitrogens is 4. The molecule has 0 radical (unpaired) electrons. The van der Waals surface area contributed by atoms with Crippen LogP contribution in [0.5, 0.6) is 0 Å². The van der Waals surface area contributed by atoms with Crippen molar-refractivity contribution in [3.8, 4) is 11.4 Å². The lowest BCUT2D eigenvalue weighted by atomic mass is 10.0. The standard InChI is InChI=1S/C14H16FN5/c15-12-4-3-10(16)7-11(12)13-17-18-19-20(13)8-14(5-6-14)9-1-2-9/h3-4,7,9H,1-2,5-6,8,16H2. The van der Waals surface area contributed by atoms with Gasteiger partial charge in [0.1, 0.15) is 5.82 Å². The van der Waals surface area contributed by atoms with Crippen molar-refractivity contribution in [3.05, 3.63) is 24.0 Å². The molecule has 2 saturated carbocycles. The van der Waals surface area contributed by atoms with Crippen LogP contribution in [0.2, 0.25) is 0 Å². The fraction of sp³-hybridized carbons (Fsp3) is 0.500. The van der Waals surface area contributed by atoms with E-state index in [1.54, 1.807) is 16.8 Å². The quantitative estimate of drug-likeness (QED) is 0.867. The van der Waals surface area contributed by atoms with Gasteiger partial charge in [0.2, 0.25) is 0 Å². The lowest BCUT2D eigenvalue weighted by Gasteiger charge is -2.14. The van der Waals surface area contributed by atoms with Crippen LogP contribution in [0.3, 0.4) is 0 Å².